The summed E-state index contributed by atoms with van der Waals surface area (Å²) in [5, 5.41) is 2.49. The molecule has 0 aliphatic heterocycles. The number of alkyl carbamates (subject to hydrolysis) is 1. The van der Waals surface area contributed by atoms with E-state index >= 15 is 0 Å². The molecule has 1 aliphatic rings. The van der Waals surface area contributed by atoms with Crippen molar-refractivity contribution >= 4 is 17.8 Å². The first-order chi connectivity index (χ1) is 17.2. The number of benzene rings is 2. The van der Waals surface area contributed by atoms with E-state index in [2.05, 4.69) is 5.32 Å². The van der Waals surface area contributed by atoms with E-state index in [4.69, 9.17) is 14.2 Å². The average Bonchev–Trinajstić information content (AvgIpc) is 2.86. The zero-order chi connectivity index (χ0) is 26.0. The van der Waals surface area contributed by atoms with E-state index in [0.29, 0.717) is 11.5 Å². The predicted octanol–water partition coefficient (Wildman–Crippen LogP) is 5.57. The molecule has 0 bridgehead atoms. The number of rotatable bonds is 10. The Labute approximate surface area is 213 Å². The van der Waals surface area contributed by atoms with E-state index in [0.717, 1.165) is 5.56 Å². The van der Waals surface area contributed by atoms with Crippen LogP contribution in [0.15, 0.2) is 54.6 Å². The highest BCUT2D eigenvalue weighted by Gasteiger charge is 2.27. The Kier molecular flexibility index (Phi) is 10.1. The van der Waals surface area contributed by atoms with Crippen LogP contribution in [0.3, 0.4) is 0 Å². The van der Waals surface area contributed by atoms with Crippen LogP contribution in [0.5, 0.6) is 0 Å². The summed E-state index contributed by atoms with van der Waals surface area (Å²) < 4.78 is 16.2. The van der Waals surface area contributed by atoms with Gasteiger partial charge in [-0.25, -0.2) is 9.59 Å². The number of carbonyl (C=O) groups is 3. The summed E-state index contributed by atoms with van der Waals surface area (Å²) in [4.78, 5) is 37.7. The molecule has 1 saturated carbocycles. The van der Waals surface area contributed by atoms with Crippen LogP contribution in [0.2, 0.25) is 0 Å². The lowest BCUT2D eigenvalue weighted by molar-refractivity contribution is -0.146. The molecule has 0 aromatic heterocycles. The van der Waals surface area contributed by atoms with Crippen molar-refractivity contribution in [3.8, 4) is 0 Å². The van der Waals surface area contributed by atoms with Crippen LogP contribution in [-0.2, 0) is 25.6 Å². The molecular formula is C29H37NO6. The largest absolute Gasteiger partial charge is 0.456 e. The van der Waals surface area contributed by atoms with E-state index in [1.807, 2.05) is 42.5 Å². The van der Waals surface area contributed by atoms with Gasteiger partial charge in [-0.15, -0.1) is 0 Å². The van der Waals surface area contributed by atoms with Crippen LogP contribution in [0.4, 0.5) is 4.79 Å². The van der Waals surface area contributed by atoms with Crippen molar-refractivity contribution in [1.29, 1.82) is 0 Å². The molecule has 7 heteroatoms. The van der Waals surface area contributed by atoms with Crippen LogP contribution in [0.25, 0.3) is 0 Å². The van der Waals surface area contributed by atoms with Crippen molar-refractivity contribution in [1.82, 2.24) is 5.32 Å². The molecule has 1 atom stereocenters. The lowest BCUT2D eigenvalue weighted by Crippen LogP contribution is -2.47. The Morgan fingerprint density at radius 3 is 2.25 bits per heavy atom. The third kappa shape index (κ3) is 9.11. The molecule has 1 N–H and O–H groups in total. The molecule has 1 aliphatic carbocycles. The quantitative estimate of drug-likeness (QED) is 0.342. The van der Waals surface area contributed by atoms with Crippen molar-refractivity contribution in [3.63, 3.8) is 0 Å². The van der Waals surface area contributed by atoms with Gasteiger partial charge in [0.2, 0.25) is 0 Å². The van der Waals surface area contributed by atoms with Gasteiger partial charge >= 0.3 is 12.1 Å². The Morgan fingerprint density at radius 1 is 0.944 bits per heavy atom. The third-order valence-electron chi connectivity index (χ3n) is 6.03. The molecule has 0 unspecified atom stereocenters. The van der Waals surface area contributed by atoms with Crippen molar-refractivity contribution in [2.24, 2.45) is 0 Å². The van der Waals surface area contributed by atoms with Gasteiger partial charge in [-0.2, -0.15) is 0 Å². The van der Waals surface area contributed by atoms with Gasteiger partial charge in [-0.3, -0.25) is 4.79 Å². The van der Waals surface area contributed by atoms with E-state index < -0.39 is 30.3 Å². The monoisotopic (exact) mass is 495 g/mol. The first-order valence-electron chi connectivity index (χ1n) is 12.6. The molecule has 2 aromatic carbocycles. The smallest absolute Gasteiger partial charge is 0.408 e. The third-order valence-corrected chi connectivity index (χ3v) is 6.03. The summed E-state index contributed by atoms with van der Waals surface area (Å²) >= 11 is 0. The normalized spacial score (nSPS) is 15.1. The fourth-order valence-electron chi connectivity index (χ4n) is 4.19. The molecule has 0 saturated heterocycles. The van der Waals surface area contributed by atoms with Crippen LogP contribution >= 0.6 is 0 Å². The Hall–Kier alpha value is -3.19. The van der Waals surface area contributed by atoms with Crippen molar-refractivity contribution in [2.75, 3.05) is 13.2 Å². The number of Topliss-reactive ketones (excluding diaryl/α,β-unsaturated/α-hetero) is 1. The molecular weight excluding hydrogens is 458 g/mol. The highest BCUT2D eigenvalue weighted by atomic mass is 16.6. The second-order valence-electron chi connectivity index (χ2n) is 10.2. The number of ketones is 1. The maximum atomic E-state index is 12.8. The van der Waals surface area contributed by atoms with E-state index in [9.17, 15) is 14.4 Å². The van der Waals surface area contributed by atoms with Gasteiger partial charge in [0.25, 0.3) is 0 Å². The molecule has 7 nitrogen and oxygen atoms in total. The minimum absolute atomic E-state index is 0.128. The number of amides is 1. The first-order valence-corrected chi connectivity index (χ1v) is 12.6. The SMILES string of the molecule is CC(C)(C)OC(=O)N[C@H](COCc1ccccc1)C(=O)OCC(=O)c1ccc(C2CCCCC2)cc1. The molecule has 0 spiro atoms. The minimum Gasteiger partial charge on any atom is -0.456 e. The summed E-state index contributed by atoms with van der Waals surface area (Å²) in [7, 11) is 0. The topological polar surface area (TPSA) is 90.9 Å². The highest BCUT2D eigenvalue weighted by Crippen LogP contribution is 2.32. The number of esters is 1. The zero-order valence-corrected chi connectivity index (χ0v) is 21.5. The van der Waals surface area contributed by atoms with Crippen molar-refractivity contribution in [3.05, 3.63) is 71.3 Å². The number of hydrogen-bond acceptors (Lipinski definition) is 6. The summed E-state index contributed by atoms with van der Waals surface area (Å²) in [6, 6.07) is 15.9. The van der Waals surface area contributed by atoms with Gasteiger partial charge in [0.1, 0.15) is 5.60 Å². The predicted molar refractivity (Wildman–Crippen MR) is 137 cm³/mol. The van der Waals surface area contributed by atoms with E-state index in [1.165, 1.54) is 37.7 Å². The second-order valence-corrected chi connectivity index (χ2v) is 10.2. The Bertz CT molecular complexity index is 991. The van der Waals surface area contributed by atoms with Gasteiger partial charge in [-0.1, -0.05) is 73.9 Å². The average molecular weight is 496 g/mol. The summed E-state index contributed by atoms with van der Waals surface area (Å²) in [6.07, 6.45) is 5.38. The second kappa shape index (κ2) is 13.2. The van der Waals surface area contributed by atoms with Crippen LogP contribution in [0.1, 0.15) is 80.3 Å². The molecule has 36 heavy (non-hydrogen) atoms. The first kappa shape index (κ1) is 27.4. The maximum Gasteiger partial charge on any atom is 0.408 e. The molecule has 2 aromatic rings. The van der Waals surface area contributed by atoms with E-state index in [1.54, 1.807) is 32.9 Å². The Balaban J connectivity index is 1.55. The van der Waals surface area contributed by atoms with Gasteiger partial charge in [-0.05, 0) is 50.7 Å². The standard InChI is InChI=1S/C29H37NO6/c1-29(2,3)36-28(33)30-25(19-34-18-21-10-6-4-7-11-21)27(32)35-20-26(31)24-16-14-23(15-17-24)22-12-8-5-9-13-22/h4,6-7,10-11,14-17,22,25H,5,8-9,12-13,18-20H2,1-3H3,(H,30,33)/t25-/m1/s1. The summed E-state index contributed by atoms with van der Waals surface area (Å²) in [6.45, 7) is 4.88. The van der Waals surface area contributed by atoms with E-state index in [-0.39, 0.29) is 19.0 Å². The van der Waals surface area contributed by atoms with Gasteiger partial charge in [0, 0.05) is 5.56 Å². The molecule has 194 valence electrons. The fourth-order valence-corrected chi connectivity index (χ4v) is 4.19. The number of hydrogen-bond donors (Lipinski definition) is 1. The molecule has 1 fully saturated rings. The Morgan fingerprint density at radius 2 is 1.61 bits per heavy atom. The zero-order valence-electron chi connectivity index (χ0n) is 21.5. The lowest BCUT2D eigenvalue weighted by Gasteiger charge is -2.23. The minimum atomic E-state index is -1.12. The van der Waals surface area contributed by atoms with Gasteiger partial charge < -0.3 is 19.5 Å². The fraction of sp³-hybridized carbons (Fsp3) is 0.483. The van der Waals surface area contributed by atoms with Crippen molar-refractivity contribution in [2.45, 2.75) is 77.0 Å². The number of carbonyl (C=O) groups excluding carboxylic acids is 3. The van der Waals surface area contributed by atoms with Crippen LogP contribution < -0.4 is 5.32 Å². The summed E-state index contributed by atoms with van der Waals surface area (Å²) in [5.41, 5.74) is 1.93. The molecule has 0 radical (unpaired) electrons. The van der Waals surface area contributed by atoms with Crippen LogP contribution in [0, 0.1) is 0 Å². The van der Waals surface area contributed by atoms with Gasteiger partial charge in [0.05, 0.1) is 13.2 Å². The van der Waals surface area contributed by atoms with Crippen molar-refractivity contribution < 1.29 is 28.6 Å². The maximum absolute atomic E-state index is 12.8. The molecule has 1 amide bonds. The summed E-state index contributed by atoms with van der Waals surface area (Å²) in [5.74, 6) is -0.517. The lowest BCUT2D eigenvalue weighted by atomic mass is 9.84. The molecule has 3 rings (SSSR count). The number of ether oxygens (including phenoxy) is 3. The number of nitrogens with one attached hydrogen (secondary N) is 1. The van der Waals surface area contributed by atoms with Gasteiger partial charge in [0.15, 0.2) is 18.4 Å². The molecule has 0 heterocycles. The highest BCUT2D eigenvalue weighted by molar-refractivity contribution is 5.98. The van der Waals surface area contributed by atoms with Crippen LogP contribution in [-0.4, -0.2) is 42.7 Å².